The molecule has 1 aliphatic rings. The lowest BCUT2D eigenvalue weighted by Gasteiger charge is -2.05. The number of rotatable bonds is 3. The molecule has 1 N–H and O–H groups in total. The van der Waals surface area contributed by atoms with Gasteiger partial charge in [-0.3, -0.25) is 9.59 Å². The van der Waals surface area contributed by atoms with Gasteiger partial charge in [0.15, 0.2) is 5.13 Å². The molecule has 116 valence electrons. The number of hydrogen-bond acceptors (Lipinski definition) is 5. The van der Waals surface area contributed by atoms with E-state index in [1.54, 1.807) is 18.3 Å². The molecule has 4 rings (SSSR count). The molecule has 0 aliphatic heterocycles. The fourth-order valence-electron chi connectivity index (χ4n) is 2.78. The van der Waals surface area contributed by atoms with Crippen LogP contribution in [0.2, 0.25) is 0 Å². The van der Waals surface area contributed by atoms with E-state index in [4.69, 9.17) is 0 Å². The Hall–Kier alpha value is -2.54. The highest BCUT2D eigenvalue weighted by Gasteiger charge is 2.18. The molecule has 0 bridgehead atoms. The van der Waals surface area contributed by atoms with Gasteiger partial charge in [0.1, 0.15) is 6.54 Å². The predicted octanol–water partition coefficient (Wildman–Crippen LogP) is 1.98. The molecule has 0 atom stereocenters. The van der Waals surface area contributed by atoms with E-state index in [0.29, 0.717) is 10.5 Å². The van der Waals surface area contributed by atoms with Crippen molar-refractivity contribution >= 4 is 33.1 Å². The molecule has 0 unspecified atom stereocenters. The highest BCUT2D eigenvalue weighted by molar-refractivity contribution is 7.15. The summed E-state index contributed by atoms with van der Waals surface area (Å²) in [5.74, 6) is -0.290. The maximum atomic E-state index is 12.3. The molecule has 1 aliphatic carbocycles. The van der Waals surface area contributed by atoms with Crippen molar-refractivity contribution in [1.29, 1.82) is 0 Å². The molecule has 0 spiro atoms. The Balaban J connectivity index is 1.54. The third kappa shape index (κ3) is 2.63. The number of aryl methyl sites for hydroxylation is 2. The molecular formula is C16H14N4O2S. The van der Waals surface area contributed by atoms with Crippen LogP contribution in [0.25, 0.3) is 10.8 Å². The van der Waals surface area contributed by atoms with Crippen LogP contribution in [0.3, 0.4) is 0 Å². The minimum absolute atomic E-state index is 0.117. The van der Waals surface area contributed by atoms with Crippen LogP contribution in [0, 0.1) is 0 Å². The van der Waals surface area contributed by atoms with E-state index in [0.717, 1.165) is 30.3 Å². The second kappa shape index (κ2) is 5.58. The van der Waals surface area contributed by atoms with Gasteiger partial charge in [-0.25, -0.2) is 9.67 Å². The zero-order chi connectivity index (χ0) is 15.8. The van der Waals surface area contributed by atoms with Gasteiger partial charge in [0.25, 0.3) is 5.56 Å². The van der Waals surface area contributed by atoms with E-state index in [1.807, 2.05) is 12.1 Å². The van der Waals surface area contributed by atoms with Crippen molar-refractivity contribution < 1.29 is 4.79 Å². The standard InChI is InChI=1S/C16H14N4O2S/c21-14(19-16-18-12-6-3-7-13(12)23-16)9-20-15(22)11-5-2-1-4-10(11)8-17-20/h1-2,4-5,8H,3,6-7,9H2,(H,18,19,21). The molecule has 1 amide bonds. The number of nitrogens with one attached hydrogen (secondary N) is 1. The Morgan fingerprint density at radius 2 is 2.17 bits per heavy atom. The molecule has 6 nitrogen and oxygen atoms in total. The maximum absolute atomic E-state index is 12.3. The van der Waals surface area contributed by atoms with Crippen molar-refractivity contribution in [1.82, 2.24) is 14.8 Å². The first-order valence-electron chi connectivity index (χ1n) is 7.44. The van der Waals surface area contributed by atoms with Crippen molar-refractivity contribution in [2.45, 2.75) is 25.8 Å². The average molecular weight is 326 g/mol. The summed E-state index contributed by atoms with van der Waals surface area (Å²) in [4.78, 5) is 30.2. The van der Waals surface area contributed by atoms with Gasteiger partial charge in [0.2, 0.25) is 5.91 Å². The van der Waals surface area contributed by atoms with Gasteiger partial charge in [0, 0.05) is 10.3 Å². The van der Waals surface area contributed by atoms with Crippen molar-refractivity contribution in [2.75, 3.05) is 5.32 Å². The lowest BCUT2D eigenvalue weighted by atomic mass is 10.2. The Bertz CT molecular complexity index is 939. The van der Waals surface area contributed by atoms with Crippen LogP contribution >= 0.6 is 11.3 Å². The summed E-state index contributed by atoms with van der Waals surface area (Å²) in [5, 5.41) is 8.76. The van der Waals surface area contributed by atoms with Gasteiger partial charge in [-0.1, -0.05) is 18.2 Å². The SMILES string of the molecule is O=C(Cn1ncc2ccccc2c1=O)Nc1nc2c(s1)CCC2. The van der Waals surface area contributed by atoms with E-state index in [-0.39, 0.29) is 18.0 Å². The molecule has 0 saturated carbocycles. The first-order valence-corrected chi connectivity index (χ1v) is 8.25. The van der Waals surface area contributed by atoms with Crippen molar-refractivity contribution in [2.24, 2.45) is 0 Å². The summed E-state index contributed by atoms with van der Waals surface area (Å²) >= 11 is 1.52. The third-order valence-electron chi connectivity index (χ3n) is 3.90. The van der Waals surface area contributed by atoms with Crippen molar-refractivity contribution in [3.8, 4) is 0 Å². The molecule has 0 fully saturated rings. The van der Waals surface area contributed by atoms with Crippen LogP contribution in [0.4, 0.5) is 5.13 Å². The van der Waals surface area contributed by atoms with Crippen LogP contribution in [-0.2, 0) is 24.2 Å². The normalized spacial score (nSPS) is 13.2. The maximum Gasteiger partial charge on any atom is 0.275 e. The fourth-order valence-corrected chi connectivity index (χ4v) is 3.85. The summed E-state index contributed by atoms with van der Waals surface area (Å²) in [6.07, 6.45) is 4.75. The van der Waals surface area contributed by atoms with Gasteiger partial charge < -0.3 is 5.32 Å². The summed E-state index contributed by atoms with van der Waals surface area (Å²) < 4.78 is 1.18. The summed E-state index contributed by atoms with van der Waals surface area (Å²) in [6.45, 7) is -0.117. The largest absolute Gasteiger partial charge is 0.300 e. The monoisotopic (exact) mass is 326 g/mol. The number of fused-ring (bicyclic) bond motifs is 2. The first kappa shape index (κ1) is 14.1. The predicted molar refractivity (Wildman–Crippen MR) is 88.8 cm³/mol. The van der Waals surface area contributed by atoms with Crippen LogP contribution in [0.5, 0.6) is 0 Å². The molecule has 7 heteroatoms. The molecule has 2 heterocycles. The number of hydrogen-bond donors (Lipinski definition) is 1. The number of carbonyl (C=O) groups is 1. The zero-order valence-corrected chi connectivity index (χ0v) is 13.1. The Morgan fingerprint density at radius 1 is 1.30 bits per heavy atom. The molecular weight excluding hydrogens is 312 g/mol. The topological polar surface area (TPSA) is 76.9 Å². The van der Waals surface area contributed by atoms with Crippen LogP contribution in [0.1, 0.15) is 17.0 Å². The fraction of sp³-hybridized carbons (Fsp3) is 0.250. The quantitative estimate of drug-likeness (QED) is 0.798. The van der Waals surface area contributed by atoms with Gasteiger partial charge in [-0.2, -0.15) is 5.10 Å². The Morgan fingerprint density at radius 3 is 3.04 bits per heavy atom. The molecule has 0 radical (unpaired) electrons. The van der Waals surface area contributed by atoms with Crippen LogP contribution < -0.4 is 10.9 Å². The lowest BCUT2D eigenvalue weighted by molar-refractivity contribution is -0.117. The van der Waals surface area contributed by atoms with Crippen LogP contribution in [0.15, 0.2) is 35.3 Å². The van der Waals surface area contributed by atoms with Crippen LogP contribution in [-0.4, -0.2) is 20.7 Å². The van der Waals surface area contributed by atoms with Gasteiger partial charge in [0.05, 0.1) is 17.3 Å². The number of thiazole rings is 1. The third-order valence-corrected chi connectivity index (χ3v) is 4.97. The van der Waals surface area contributed by atoms with Crippen molar-refractivity contribution in [3.63, 3.8) is 0 Å². The van der Waals surface area contributed by atoms with Crippen molar-refractivity contribution in [3.05, 3.63) is 51.4 Å². The van der Waals surface area contributed by atoms with E-state index in [9.17, 15) is 9.59 Å². The second-order valence-electron chi connectivity index (χ2n) is 5.49. The second-order valence-corrected chi connectivity index (χ2v) is 6.57. The minimum Gasteiger partial charge on any atom is -0.300 e. The lowest BCUT2D eigenvalue weighted by Crippen LogP contribution is -2.29. The Labute approximate surface area is 135 Å². The number of nitrogens with zero attached hydrogens (tertiary/aromatic N) is 3. The summed E-state index contributed by atoms with van der Waals surface area (Å²) in [5.41, 5.74) is 0.825. The summed E-state index contributed by atoms with van der Waals surface area (Å²) in [7, 11) is 0. The number of anilines is 1. The minimum atomic E-state index is -0.290. The average Bonchev–Trinajstić information content (AvgIpc) is 3.11. The highest BCUT2D eigenvalue weighted by Crippen LogP contribution is 2.30. The molecule has 2 aromatic heterocycles. The molecule has 23 heavy (non-hydrogen) atoms. The number of amides is 1. The molecule has 3 aromatic rings. The summed E-state index contributed by atoms with van der Waals surface area (Å²) in [6, 6.07) is 7.21. The van der Waals surface area contributed by atoms with E-state index < -0.39 is 0 Å². The zero-order valence-electron chi connectivity index (χ0n) is 12.3. The smallest absolute Gasteiger partial charge is 0.275 e. The molecule has 1 aromatic carbocycles. The first-order chi connectivity index (χ1) is 11.2. The number of aromatic nitrogens is 3. The molecule has 0 saturated heterocycles. The van der Waals surface area contributed by atoms with Gasteiger partial charge in [-0.05, 0) is 25.3 Å². The Kier molecular flexibility index (Phi) is 3.42. The highest BCUT2D eigenvalue weighted by atomic mass is 32.1. The van der Waals surface area contributed by atoms with Gasteiger partial charge >= 0.3 is 0 Å². The van der Waals surface area contributed by atoms with E-state index in [1.165, 1.54) is 20.9 Å². The van der Waals surface area contributed by atoms with E-state index in [2.05, 4.69) is 15.4 Å². The van der Waals surface area contributed by atoms with E-state index >= 15 is 0 Å². The number of benzene rings is 1. The van der Waals surface area contributed by atoms with Gasteiger partial charge in [-0.15, -0.1) is 11.3 Å². The number of carbonyl (C=O) groups excluding carboxylic acids is 1.